The van der Waals surface area contributed by atoms with Crippen molar-refractivity contribution in [3.63, 3.8) is 0 Å². The molecule has 0 aliphatic carbocycles. The number of benzene rings is 1. The largest absolute Gasteiger partial charge is 0.325 e. The van der Waals surface area contributed by atoms with E-state index in [4.69, 9.17) is 0 Å². The standard InChI is InChI=1S/C15H22N4O5S/c1-11-13(7-4-8-14(11)19(21)22)16-15(20)12-6-5-9-18(10-12)25(23,24)17(2)3/h4,7-8,12H,5-6,9-10H2,1-3H3,(H,16,20). The zero-order valence-corrected chi connectivity index (χ0v) is 15.2. The highest BCUT2D eigenvalue weighted by Crippen LogP contribution is 2.27. The normalized spacial score (nSPS) is 19.0. The summed E-state index contributed by atoms with van der Waals surface area (Å²) in [7, 11) is -0.668. The number of piperidine rings is 1. The Hall–Kier alpha value is -2.04. The summed E-state index contributed by atoms with van der Waals surface area (Å²) >= 11 is 0. The molecule has 1 aliphatic rings. The van der Waals surface area contributed by atoms with Crippen molar-refractivity contribution in [3.05, 3.63) is 33.9 Å². The lowest BCUT2D eigenvalue weighted by Gasteiger charge is -2.32. The van der Waals surface area contributed by atoms with E-state index in [1.807, 2.05) is 0 Å². The maximum Gasteiger partial charge on any atom is 0.281 e. The van der Waals surface area contributed by atoms with Crippen LogP contribution in [0, 0.1) is 23.0 Å². The SMILES string of the molecule is Cc1c(NC(=O)C2CCCN(S(=O)(=O)N(C)C)C2)cccc1[N+](=O)[O-]. The Morgan fingerprint density at radius 1 is 1.40 bits per heavy atom. The van der Waals surface area contributed by atoms with Gasteiger partial charge < -0.3 is 5.32 Å². The molecule has 1 heterocycles. The first kappa shape index (κ1) is 19.3. The van der Waals surface area contributed by atoms with Crippen LogP contribution < -0.4 is 5.32 Å². The van der Waals surface area contributed by atoms with Gasteiger partial charge >= 0.3 is 0 Å². The van der Waals surface area contributed by atoms with E-state index in [2.05, 4.69) is 5.32 Å². The highest BCUT2D eigenvalue weighted by Gasteiger charge is 2.33. The first-order chi connectivity index (χ1) is 11.6. The molecule has 25 heavy (non-hydrogen) atoms. The molecular formula is C15H22N4O5S. The number of rotatable bonds is 5. The van der Waals surface area contributed by atoms with Crippen molar-refractivity contribution in [1.29, 1.82) is 0 Å². The highest BCUT2D eigenvalue weighted by molar-refractivity contribution is 7.86. The van der Waals surface area contributed by atoms with Crippen molar-refractivity contribution in [2.24, 2.45) is 5.92 Å². The van der Waals surface area contributed by atoms with Crippen molar-refractivity contribution < 1.29 is 18.1 Å². The van der Waals surface area contributed by atoms with E-state index in [-0.39, 0.29) is 18.1 Å². The maximum absolute atomic E-state index is 12.5. The summed E-state index contributed by atoms with van der Waals surface area (Å²) in [4.78, 5) is 23.0. The van der Waals surface area contributed by atoms with E-state index in [1.165, 1.54) is 30.5 Å². The van der Waals surface area contributed by atoms with Crippen LogP contribution in [0.2, 0.25) is 0 Å². The highest BCUT2D eigenvalue weighted by atomic mass is 32.2. The number of carbonyl (C=O) groups excluding carboxylic acids is 1. The van der Waals surface area contributed by atoms with Crippen molar-refractivity contribution >= 4 is 27.5 Å². The second kappa shape index (κ2) is 7.46. The Bertz CT molecular complexity index is 778. The number of nitro benzene ring substituents is 1. The van der Waals surface area contributed by atoms with Gasteiger partial charge in [-0.3, -0.25) is 14.9 Å². The third-order valence-corrected chi connectivity index (χ3v) is 6.21. The van der Waals surface area contributed by atoms with Crippen molar-refractivity contribution in [3.8, 4) is 0 Å². The first-order valence-electron chi connectivity index (χ1n) is 7.87. The smallest absolute Gasteiger partial charge is 0.281 e. The molecule has 0 radical (unpaired) electrons. The average Bonchev–Trinajstić information content (AvgIpc) is 2.56. The zero-order chi connectivity index (χ0) is 18.8. The van der Waals surface area contributed by atoms with Crippen LogP contribution in [0.15, 0.2) is 18.2 Å². The van der Waals surface area contributed by atoms with Crippen LogP contribution in [0.4, 0.5) is 11.4 Å². The number of amides is 1. The van der Waals surface area contributed by atoms with Crippen LogP contribution in [0.3, 0.4) is 0 Å². The average molecular weight is 370 g/mol. The summed E-state index contributed by atoms with van der Waals surface area (Å²) in [6.07, 6.45) is 1.15. The quantitative estimate of drug-likeness (QED) is 0.621. The second-order valence-corrected chi connectivity index (χ2v) is 8.33. The van der Waals surface area contributed by atoms with Crippen molar-refractivity contribution in [2.45, 2.75) is 19.8 Å². The number of hydrogen-bond acceptors (Lipinski definition) is 5. The van der Waals surface area contributed by atoms with Gasteiger partial charge in [-0.1, -0.05) is 6.07 Å². The number of nitro groups is 1. The van der Waals surface area contributed by atoms with Crippen LogP contribution in [0.25, 0.3) is 0 Å². The van der Waals surface area contributed by atoms with Crippen molar-refractivity contribution in [2.75, 3.05) is 32.5 Å². The molecule has 9 nitrogen and oxygen atoms in total. The van der Waals surface area contributed by atoms with E-state index in [0.717, 1.165) is 4.31 Å². The summed E-state index contributed by atoms with van der Waals surface area (Å²) in [5.74, 6) is -0.829. The number of hydrogen-bond donors (Lipinski definition) is 1. The van der Waals surface area contributed by atoms with E-state index >= 15 is 0 Å². The predicted octanol–water partition coefficient (Wildman–Crippen LogP) is 1.36. The molecule has 1 amide bonds. The summed E-state index contributed by atoms with van der Waals surface area (Å²) < 4.78 is 26.9. The second-order valence-electron chi connectivity index (χ2n) is 6.18. The third-order valence-electron chi connectivity index (χ3n) is 4.30. The molecule has 1 aromatic rings. The third kappa shape index (κ3) is 4.14. The molecule has 1 aromatic carbocycles. The van der Waals surface area contributed by atoms with Gasteiger partial charge in [-0.05, 0) is 25.8 Å². The van der Waals surface area contributed by atoms with Gasteiger partial charge in [0.1, 0.15) is 0 Å². The molecule has 1 N–H and O–H groups in total. The molecule has 10 heteroatoms. The fraction of sp³-hybridized carbons (Fsp3) is 0.533. The molecule has 0 bridgehead atoms. The fourth-order valence-electron chi connectivity index (χ4n) is 2.79. The van der Waals surface area contributed by atoms with Crippen LogP contribution in [0.1, 0.15) is 18.4 Å². The van der Waals surface area contributed by atoms with Gasteiger partial charge in [-0.25, -0.2) is 0 Å². The topological polar surface area (TPSA) is 113 Å². The lowest BCUT2D eigenvalue weighted by atomic mass is 9.98. The van der Waals surface area contributed by atoms with Gasteiger partial charge in [0, 0.05) is 33.3 Å². The van der Waals surface area contributed by atoms with E-state index < -0.39 is 21.1 Å². The molecule has 0 spiro atoms. The van der Waals surface area contributed by atoms with Crippen molar-refractivity contribution in [1.82, 2.24) is 8.61 Å². The Labute approximate surface area is 146 Å². The molecule has 1 saturated heterocycles. The molecule has 1 fully saturated rings. The van der Waals surface area contributed by atoms with Gasteiger partial charge in [0.25, 0.3) is 15.9 Å². The Kier molecular flexibility index (Phi) is 5.76. The minimum absolute atomic E-state index is 0.0711. The van der Waals surface area contributed by atoms with E-state index in [1.54, 1.807) is 13.0 Å². The molecule has 0 saturated carbocycles. The number of nitrogens with zero attached hydrogens (tertiary/aromatic N) is 3. The van der Waals surface area contributed by atoms with Gasteiger partial charge in [0.2, 0.25) is 5.91 Å². The van der Waals surface area contributed by atoms with Gasteiger partial charge in [0.05, 0.1) is 22.1 Å². The Morgan fingerprint density at radius 2 is 2.08 bits per heavy atom. The van der Waals surface area contributed by atoms with Gasteiger partial charge in [0.15, 0.2) is 0 Å². The van der Waals surface area contributed by atoms with E-state index in [9.17, 15) is 23.3 Å². The first-order valence-corrected chi connectivity index (χ1v) is 9.26. The summed E-state index contributed by atoms with van der Waals surface area (Å²) in [5.41, 5.74) is 0.666. The zero-order valence-electron chi connectivity index (χ0n) is 14.4. The van der Waals surface area contributed by atoms with E-state index in [0.29, 0.717) is 30.6 Å². The molecular weight excluding hydrogens is 348 g/mol. The summed E-state index contributed by atoms with van der Waals surface area (Å²) in [6.45, 7) is 2.04. The minimum Gasteiger partial charge on any atom is -0.325 e. The van der Waals surface area contributed by atoms with Crippen LogP contribution in [-0.2, 0) is 15.0 Å². The van der Waals surface area contributed by atoms with Gasteiger partial charge in [-0.2, -0.15) is 17.0 Å². The number of anilines is 1. The van der Waals surface area contributed by atoms with Crippen LogP contribution >= 0.6 is 0 Å². The number of nitrogens with one attached hydrogen (secondary N) is 1. The molecule has 0 aromatic heterocycles. The molecule has 2 rings (SSSR count). The van der Waals surface area contributed by atoms with Crippen LogP contribution in [0.5, 0.6) is 0 Å². The molecule has 1 unspecified atom stereocenters. The lowest BCUT2D eigenvalue weighted by Crippen LogP contribution is -2.47. The lowest BCUT2D eigenvalue weighted by molar-refractivity contribution is -0.385. The molecule has 138 valence electrons. The fourth-order valence-corrected chi connectivity index (χ4v) is 3.98. The van der Waals surface area contributed by atoms with Crippen LogP contribution in [-0.4, -0.2) is 55.0 Å². The maximum atomic E-state index is 12.5. The molecule has 1 atom stereocenters. The Balaban J connectivity index is 2.14. The summed E-state index contributed by atoms with van der Waals surface area (Å²) in [5, 5.41) is 13.7. The minimum atomic E-state index is -3.57. The monoisotopic (exact) mass is 370 g/mol. The Morgan fingerprint density at radius 3 is 2.68 bits per heavy atom. The van der Waals surface area contributed by atoms with Gasteiger partial charge in [-0.15, -0.1) is 0 Å². The predicted molar refractivity (Wildman–Crippen MR) is 93.4 cm³/mol. The summed E-state index contributed by atoms with van der Waals surface area (Å²) in [6, 6.07) is 4.47. The molecule has 1 aliphatic heterocycles. The number of carbonyl (C=O) groups is 1.